The average Bonchev–Trinajstić information content (AvgIpc) is 3.34. The summed E-state index contributed by atoms with van der Waals surface area (Å²) in [5, 5.41) is 0. The van der Waals surface area contributed by atoms with Crippen LogP contribution in [0.15, 0.2) is 110 Å². The van der Waals surface area contributed by atoms with Gasteiger partial charge in [-0.15, -0.1) is 0 Å². The van der Waals surface area contributed by atoms with E-state index in [0.717, 1.165) is 60.8 Å². The monoisotopic (exact) mass is 570 g/mol. The maximum absolute atomic E-state index is 12.2. The Bertz CT molecular complexity index is 1550. The van der Waals surface area contributed by atoms with Crippen LogP contribution in [-0.2, 0) is 27.8 Å². The maximum atomic E-state index is 12.2. The SMILES string of the molecule is C=CC(=O)Oc1ccc(C2(c3ccc(OC(=O)C=C)c(CCCC)c3)c3ccccc3-c3ccccc32)cc1CCCC. The van der Waals surface area contributed by atoms with E-state index in [4.69, 9.17) is 9.47 Å². The minimum Gasteiger partial charge on any atom is -0.423 e. The van der Waals surface area contributed by atoms with Crippen LogP contribution in [0.3, 0.4) is 0 Å². The Morgan fingerprint density at radius 1 is 0.651 bits per heavy atom. The van der Waals surface area contributed by atoms with E-state index < -0.39 is 17.4 Å². The molecule has 1 aliphatic rings. The van der Waals surface area contributed by atoms with Gasteiger partial charge in [0.15, 0.2) is 0 Å². The fourth-order valence-corrected chi connectivity index (χ4v) is 6.27. The van der Waals surface area contributed by atoms with Gasteiger partial charge in [-0.1, -0.05) is 113 Å². The first-order valence-electron chi connectivity index (χ1n) is 15.1. The lowest BCUT2D eigenvalue weighted by molar-refractivity contribution is -0.129. The van der Waals surface area contributed by atoms with E-state index in [0.29, 0.717) is 11.5 Å². The van der Waals surface area contributed by atoms with Crippen LogP contribution in [0.25, 0.3) is 11.1 Å². The van der Waals surface area contributed by atoms with E-state index in [1.54, 1.807) is 0 Å². The fourth-order valence-electron chi connectivity index (χ4n) is 6.27. The molecular formula is C39H38O4. The van der Waals surface area contributed by atoms with Gasteiger partial charge in [-0.25, -0.2) is 9.59 Å². The number of benzene rings is 4. The number of carbonyl (C=O) groups is 2. The zero-order chi connectivity index (χ0) is 30.4. The highest BCUT2D eigenvalue weighted by Crippen LogP contribution is 2.56. The molecule has 0 radical (unpaired) electrons. The summed E-state index contributed by atoms with van der Waals surface area (Å²) in [4.78, 5) is 24.5. The van der Waals surface area contributed by atoms with Crippen molar-refractivity contribution in [2.24, 2.45) is 0 Å². The summed E-state index contributed by atoms with van der Waals surface area (Å²) in [5.41, 5.74) is 8.25. The predicted molar refractivity (Wildman–Crippen MR) is 173 cm³/mol. The van der Waals surface area contributed by atoms with Gasteiger partial charge >= 0.3 is 11.9 Å². The van der Waals surface area contributed by atoms with E-state index in [2.05, 4.69) is 99.8 Å². The second-order valence-electron chi connectivity index (χ2n) is 10.9. The molecule has 0 unspecified atom stereocenters. The Morgan fingerprint density at radius 2 is 1.07 bits per heavy atom. The highest BCUT2D eigenvalue weighted by molar-refractivity contribution is 5.87. The van der Waals surface area contributed by atoms with E-state index in [1.807, 2.05) is 12.1 Å². The largest absolute Gasteiger partial charge is 0.423 e. The molecule has 0 spiro atoms. The van der Waals surface area contributed by atoms with Gasteiger partial charge in [0.2, 0.25) is 0 Å². The van der Waals surface area contributed by atoms with Crippen molar-refractivity contribution in [3.63, 3.8) is 0 Å². The normalized spacial score (nSPS) is 12.6. The van der Waals surface area contributed by atoms with Crippen molar-refractivity contribution in [3.8, 4) is 22.6 Å². The summed E-state index contributed by atoms with van der Waals surface area (Å²) in [6.45, 7) is 11.5. The Hall–Kier alpha value is -4.70. The number of ether oxygens (including phenoxy) is 2. The highest BCUT2D eigenvalue weighted by atomic mass is 16.5. The molecule has 4 heteroatoms. The summed E-state index contributed by atoms with van der Waals surface area (Å²) < 4.78 is 11.4. The molecule has 4 aromatic rings. The first kappa shape index (κ1) is 29.8. The van der Waals surface area contributed by atoms with Crippen molar-refractivity contribution in [2.45, 2.75) is 57.8 Å². The van der Waals surface area contributed by atoms with Gasteiger partial charge in [-0.2, -0.15) is 0 Å². The molecule has 0 atom stereocenters. The number of fused-ring (bicyclic) bond motifs is 3. The molecule has 0 heterocycles. The van der Waals surface area contributed by atoms with Crippen LogP contribution in [0.2, 0.25) is 0 Å². The Balaban J connectivity index is 1.81. The van der Waals surface area contributed by atoms with Crippen molar-refractivity contribution in [1.82, 2.24) is 0 Å². The standard InChI is InChI=1S/C39H38O4/c1-5-9-15-27-25-29(21-23-35(27)42-37(40)7-3)39(33-19-13-11-17-31(33)32-18-12-14-20-34(32)39)30-22-24-36(43-38(41)8-4)28(26-30)16-10-6-2/h7-8,11-14,17-26H,3-6,9-10,15-16H2,1-2H3. The van der Waals surface area contributed by atoms with Crippen molar-refractivity contribution in [1.29, 1.82) is 0 Å². The topological polar surface area (TPSA) is 52.6 Å². The zero-order valence-electron chi connectivity index (χ0n) is 25.0. The predicted octanol–water partition coefficient (Wildman–Crippen LogP) is 8.92. The third kappa shape index (κ3) is 5.58. The number of rotatable bonds is 12. The minimum atomic E-state index is -0.642. The first-order chi connectivity index (χ1) is 21.0. The number of esters is 2. The Labute approximate surface area is 254 Å². The maximum Gasteiger partial charge on any atom is 0.335 e. The van der Waals surface area contributed by atoms with Gasteiger partial charge in [0.1, 0.15) is 11.5 Å². The molecule has 0 saturated carbocycles. The van der Waals surface area contributed by atoms with E-state index >= 15 is 0 Å². The van der Waals surface area contributed by atoms with Crippen molar-refractivity contribution < 1.29 is 19.1 Å². The quantitative estimate of drug-likeness (QED) is 0.0854. The molecule has 0 saturated heterocycles. The van der Waals surface area contributed by atoms with E-state index in [9.17, 15) is 9.59 Å². The van der Waals surface area contributed by atoms with Crippen molar-refractivity contribution >= 4 is 11.9 Å². The molecule has 4 aromatic carbocycles. The van der Waals surface area contributed by atoms with Crippen LogP contribution >= 0.6 is 0 Å². The summed E-state index contributed by atoms with van der Waals surface area (Å²) in [5.74, 6) is 0.184. The smallest absolute Gasteiger partial charge is 0.335 e. The molecule has 0 aromatic heterocycles. The second kappa shape index (κ2) is 13.1. The van der Waals surface area contributed by atoms with Crippen LogP contribution in [-0.4, -0.2) is 11.9 Å². The lowest BCUT2D eigenvalue weighted by Gasteiger charge is -2.35. The van der Waals surface area contributed by atoms with Gasteiger partial charge in [0, 0.05) is 12.2 Å². The van der Waals surface area contributed by atoms with E-state index in [-0.39, 0.29) is 0 Å². The van der Waals surface area contributed by atoms with Crippen molar-refractivity contribution in [2.75, 3.05) is 0 Å². The zero-order valence-corrected chi connectivity index (χ0v) is 25.0. The Morgan fingerprint density at radius 3 is 1.47 bits per heavy atom. The third-order valence-electron chi connectivity index (χ3n) is 8.29. The van der Waals surface area contributed by atoms with Crippen LogP contribution in [0.4, 0.5) is 0 Å². The molecule has 0 amide bonds. The van der Waals surface area contributed by atoms with Crippen LogP contribution < -0.4 is 9.47 Å². The van der Waals surface area contributed by atoms with Crippen LogP contribution in [0.1, 0.15) is 72.9 Å². The average molecular weight is 571 g/mol. The van der Waals surface area contributed by atoms with Crippen molar-refractivity contribution in [3.05, 3.63) is 144 Å². The number of hydrogen-bond donors (Lipinski definition) is 0. The number of carbonyl (C=O) groups excluding carboxylic acids is 2. The molecular weight excluding hydrogens is 532 g/mol. The third-order valence-corrected chi connectivity index (χ3v) is 8.29. The second-order valence-corrected chi connectivity index (χ2v) is 10.9. The molecule has 0 aliphatic heterocycles. The molecule has 43 heavy (non-hydrogen) atoms. The summed E-state index contributed by atoms with van der Waals surface area (Å²) in [6.07, 6.45) is 7.91. The van der Waals surface area contributed by atoms with Crippen LogP contribution in [0, 0.1) is 0 Å². The van der Waals surface area contributed by atoms with Gasteiger partial charge < -0.3 is 9.47 Å². The number of hydrogen-bond acceptors (Lipinski definition) is 4. The molecule has 0 bridgehead atoms. The molecule has 0 fully saturated rings. The van der Waals surface area contributed by atoms with Gasteiger partial charge in [-0.3, -0.25) is 0 Å². The Kier molecular flexibility index (Phi) is 9.06. The molecule has 218 valence electrons. The lowest BCUT2D eigenvalue weighted by atomic mass is 9.67. The van der Waals surface area contributed by atoms with Gasteiger partial charge in [-0.05, 0) is 82.3 Å². The van der Waals surface area contributed by atoms with E-state index in [1.165, 1.54) is 34.4 Å². The molecule has 0 N–H and O–H groups in total. The van der Waals surface area contributed by atoms with Gasteiger partial charge in [0.25, 0.3) is 0 Å². The van der Waals surface area contributed by atoms with Crippen LogP contribution in [0.5, 0.6) is 11.5 Å². The lowest BCUT2D eigenvalue weighted by Crippen LogP contribution is -2.29. The molecule has 1 aliphatic carbocycles. The summed E-state index contributed by atoms with van der Waals surface area (Å²) in [7, 11) is 0. The minimum absolute atomic E-state index is 0.470. The summed E-state index contributed by atoms with van der Waals surface area (Å²) in [6, 6.07) is 29.6. The van der Waals surface area contributed by atoms with Gasteiger partial charge in [0.05, 0.1) is 5.41 Å². The highest BCUT2D eigenvalue weighted by Gasteiger charge is 2.46. The molecule has 5 rings (SSSR count). The fraction of sp³-hybridized carbons (Fsp3) is 0.231. The number of unbranched alkanes of at least 4 members (excludes halogenated alkanes) is 2. The first-order valence-corrected chi connectivity index (χ1v) is 15.1. The number of aryl methyl sites for hydroxylation is 2. The summed E-state index contributed by atoms with van der Waals surface area (Å²) >= 11 is 0. The molecule has 4 nitrogen and oxygen atoms in total.